The predicted octanol–water partition coefficient (Wildman–Crippen LogP) is 2.85. The molecule has 0 radical (unpaired) electrons. The van der Waals surface area contributed by atoms with Crippen molar-refractivity contribution in [3.8, 4) is 11.5 Å². The summed E-state index contributed by atoms with van der Waals surface area (Å²) in [5, 5.41) is 12.1. The van der Waals surface area contributed by atoms with E-state index in [0.29, 0.717) is 16.5 Å². The summed E-state index contributed by atoms with van der Waals surface area (Å²) in [7, 11) is 1.49. The van der Waals surface area contributed by atoms with Crippen molar-refractivity contribution in [1.82, 2.24) is 0 Å². The molecule has 0 saturated heterocycles. The molecule has 0 saturated carbocycles. The Labute approximate surface area is 137 Å². The number of carbonyl (C=O) groups excluding carboxylic acids is 2. The molecule has 0 unspecified atom stereocenters. The minimum Gasteiger partial charge on any atom is -0.508 e. The Balaban J connectivity index is 1.88. The number of benzene rings is 2. The summed E-state index contributed by atoms with van der Waals surface area (Å²) in [6.07, 6.45) is 0. The normalized spacial score (nSPS) is 10.0. The zero-order chi connectivity index (χ0) is 16.8. The van der Waals surface area contributed by atoms with Crippen LogP contribution in [0.25, 0.3) is 0 Å². The quantitative estimate of drug-likeness (QED) is 0.821. The molecular weight excluding hydrogens is 322 g/mol. The molecule has 0 atom stereocenters. The Morgan fingerprint density at radius 3 is 2.48 bits per heavy atom. The smallest absolute Gasteiger partial charge is 0.338 e. The summed E-state index contributed by atoms with van der Waals surface area (Å²) in [5.74, 6) is -0.634. The van der Waals surface area contributed by atoms with Gasteiger partial charge in [-0.1, -0.05) is 11.6 Å². The second kappa shape index (κ2) is 7.51. The van der Waals surface area contributed by atoms with Gasteiger partial charge in [0.25, 0.3) is 5.91 Å². The van der Waals surface area contributed by atoms with Gasteiger partial charge in [-0.25, -0.2) is 4.79 Å². The number of phenols is 1. The van der Waals surface area contributed by atoms with Crippen LogP contribution < -0.4 is 10.1 Å². The van der Waals surface area contributed by atoms with Crippen molar-refractivity contribution >= 4 is 29.2 Å². The van der Waals surface area contributed by atoms with Crippen LogP contribution in [0.3, 0.4) is 0 Å². The number of esters is 1. The van der Waals surface area contributed by atoms with Crippen molar-refractivity contribution in [2.75, 3.05) is 19.0 Å². The lowest BCUT2D eigenvalue weighted by atomic mass is 10.2. The predicted molar refractivity (Wildman–Crippen MR) is 85.0 cm³/mol. The highest BCUT2D eigenvalue weighted by Crippen LogP contribution is 2.27. The maximum Gasteiger partial charge on any atom is 0.338 e. The van der Waals surface area contributed by atoms with Gasteiger partial charge in [0.2, 0.25) is 0 Å². The Bertz CT molecular complexity index is 715. The Kier molecular flexibility index (Phi) is 5.43. The monoisotopic (exact) mass is 335 g/mol. The molecule has 0 heterocycles. The molecule has 0 aliphatic carbocycles. The average molecular weight is 336 g/mol. The second-order valence-corrected chi connectivity index (χ2v) is 4.93. The number of methoxy groups -OCH3 is 1. The number of aromatic hydroxyl groups is 1. The van der Waals surface area contributed by atoms with Crippen LogP contribution >= 0.6 is 11.6 Å². The van der Waals surface area contributed by atoms with E-state index in [1.165, 1.54) is 37.4 Å². The van der Waals surface area contributed by atoms with Crippen molar-refractivity contribution < 1.29 is 24.2 Å². The van der Waals surface area contributed by atoms with Crippen molar-refractivity contribution in [3.05, 3.63) is 53.1 Å². The first-order valence-corrected chi connectivity index (χ1v) is 6.97. The molecule has 0 aromatic heterocycles. The highest BCUT2D eigenvalue weighted by molar-refractivity contribution is 6.32. The highest BCUT2D eigenvalue weighted by atomic mass is 35.5. The lowest BCUT2D eigenvalue weighted by Gasteiger charge is -2.08. The van der Waals surface area contributed by atoms with Gasteiger partial charge in [-0.3, -0.25) is 4.79 Å². The molecule has 2 N–H and O–H groups in total. The first-order chi connectivity index (χ1) is 11.0. The molecule has 2 aromatic rings. The largest absolute Gasteiger partial charge is 0.508 e. The minimum absolute atomic E-state index is 0.0377. The Morgan fingerprint density at radius 1 is 1.17 bits per heavy atom. The molecule has 0 fully saturated rings. The van der Waals surface area contributed by atoms with Crippen LogP contribution in [0.5, 0.6) is 11.5 Å². The standard InChI is InChI=1S/C16H14ClNO5/c1-22-14-7-4-11(8-13(14)17)18-15(20)9-23-16(21)10-2-5-12(19)6-3-10/h2-8,19H,9H2,1H3,(H,18,20). The van der Waals surface area contributed by atoms with Gasteiger partial charge in [-0.05, 0) is 42.5 Å². The minimum atomic E-state index is -0.659. The van der Waals surface area contributed by atoms with E-state index in [0.717, 1.165) is 0 Å². The van der Waals surface area contributed by atoms with Crippen molar-refractivity contribution in [3.63, 3.8) is 0 Å². The third kappa shape index (κ3) is 4.62. The van der Waals surface area contributed by atoms with Crippen LogP contribution in [0.4, 0.5) is 5.69 Å². The first-order valence-electron chi connectivity index (χ1n) is 6.59. The zero-order valence-electron chi connectivity index (χ0n) is 12.2. The van der Waals surface area contributed by atoms with Gasteiger partial charge < -0.3 is 19.9 Å². The van der Waals surface area contributed by atoms with Crippen molar-refractivity contribution in [1.29, 1.82) is 0 Å². The highest BCUT2D eigenvalue weighted by Gasteiger charge is 2.11. The van der Waals surface area contributed by atoms with E-state index < -0.39 is 18.5 Å². The molecule has 6 nitrogen and oxygen atoms in total. The fourth-order valence-electron chi connectivity index (χ4n) is 1.75. The van der Waals surface area contributed by atoms with Crippen LogP contribution in [0.2, 0.25) is 5.02 Å². The SMILES string of the molecule is COc1ccc(NC(=O)COC(=O)c2ccc(O)cc2)cc1Cl. The van der Waals surface area contributed by atoms with E-state index in [-0.39, 0.29) is 11.3 Å². The molecule has 2 rings (SSSR count). The number of halogens is 1. The number of hydrogen-bond donors (Lipinski definition) is 2. The van der Waals surface area contributed by atoms with Crippen molar-refractivity contribution in [2.24, 2.45) is 0 Å². The van der Waals surface area contributed by atoms with Gasteiger partial charge in [-0.2, -0.15) is 0 Å². The molecule has 7 heteroatoms. The van der Waals surface area contributed by atoms with E-state index >= 15 is 0 Å². The summed E-state index contributed by atoms with van der Waals surface area (Å²) in [5.41, 5.74) is 0.699. The summed E-state index contributed by atoms with van der Waals surface area (Å²) in [4.78, 5) is 23.5. The van der Waals surface area contributed by atoms with E-state index in [1.807, 2.05) is 0 Å². The van der Waals surface area contributed by atoms with Gasteiger partial charge in [0.05, 0.1) is 17.7 Å². The summed E-state index contributed by atoms with van der Waals surface area (Å²) in [6.45, 7) is -0.441. The van der Waals surface area contributed by atoms with E-state index in [9.17, 15) is 9.59 Å². The van der Waals surface area contributed by atoms with Gasteiger partial charge in [0.15, 0.2) is 6.61 Å². The Morgan fingerprint density at radius 2 is 1.87 bits per heavy atom. The third-order valence-electron chi connectivity index (χ3n) is 2.87. The zero-order valence-corrected chi connectivity index (χ0v) is 13.0. The number of rotatable bonds is 5. The molecular formula is C16H14ClNO5. The number of hydrogen-bond acceptors (Lipinski definition) is 5. The van der Waals surface area contributed by atoms with E-state index in [1.54, 1.807) is 12.1 Å². The van der Waals surface area contributed by atoms with E-state index in [4.69, 9.17) is 26.2 Å². The molecule has 120 valence electrons. The molecule has 1 amide bonds. The number of phenolic OH excluding ortho intramolecular Hbond substituents is 1. The van der Waals surface area contributed by atoms with Crippen LogP contribution in [-0.4, -0.2) is 30.7 Å². The van der Waals surface area contributed by atoms with Crippen LogP contribution in [0.1, 0.15) is 10.4 Å². The number of nitrogens with one attached hydrogen (secondary N) is 1. The third-order valence-corrected chi connectivity index (χ3v) is 3.17. The van der Waals surface area contributed by atoms with Crippen LogP contribution in [-0.2, 0) is 9.53 Å². The fourth-order valence-corrected chi connectivity index (χ4v) is 2.01. The summed E-state index contributed by atoms with van der Waals surface area (Å²) in [6, 6.07) is 10.3. The Hall–Kier alpha value is -2.73. The van der Waals surface area contributed by atoms with Crippen molar-refractivity contribution in [2.45, 2.75) is 0 Å². The topological polar surface area (TPSA) is 84.9 Å². The molecule has 2 aromatic carbocycles. The number of anilines is 1. The lowest BCUT2D eigenvalue weighted by Crippen LogP contribution is -2.20. The molecule has 0 spiro atoms. The number of carbonyl (C=O) groups is 2. The molecule has 0 bridgehead atoms. The molecule has 23 heavy (non-hydrogen) atoms. The molecule has 0 aliphatic heterocycles. The van der Waals surface area contributed by atoms with Crippen LogP contribution in [0, 0.1) is 0 Å². The fraction of sp³-hybridized carbons (Fsp3) is 0.125. The maximum atomic E-state index is 11.8. The van der Waals surface area contributed by atoms with E-state index in [2.05, 4.69) is 5.32 Å². The summed E-state index contributed by atoms with van der Waals surface area (Å²) >= 11 is 5.95. The maximum absolute atomic E-state index is 11.8. The average Bonchev–Trinajstić information content (AvgIpc) is 2.53. The first kappa shape index (κ1) is 16.6. The van der Waals surface area contributed by atoms with Gasteiger partial charge in [-0.15, -0.1) is 0 Å². The second-order valence-electron chi connectivity index (χ2n) is 4.52. The lowest BCUT2D eigenvalue weighted by molar-refractivity contribution is -0.119. The number of amides is 1. The summed E-state index contributed by atoms with van der Waals surface area (Å²) < 4.78 is 9.90. The van der Waals surface area contributed by atoms with Gasteiger partial charge in [0.1, 0.15) is 11.5 Å². The van der Waals surface area contributed by atoms with Gasteiger partial charge in [0, 0.05) is 5.69 Å². The van der Waals surface area contributed by atoms with Crippen LogP contribution in [0.15, 0.2) is 42.5 Å². The van der Waals surface area contributed by atoms with Gasteiger partial charge >= 0.3 is 5.97 Å². The molecule has 0 aliphatic rings. The number of ether oxygens (including phenoxy) is 2.